The third-order valence-electron chi connectivity index (χ3n) is 3.60. The Morgan fingerprint density at radius 1 is 1.19 bits per heavy atom. The Kier molecular flexibility index (Phi) is 3.63. The molecular formula is C15H12BrNO4. The van der Waals surface area contributed by atoms with Crippen LogP contribution in [0.4, 0.5) is 0 Å². The van der Waals surface area contributed by atoms with E-state index in [4.69, 9.17) is 4.74 Å². The van der Waals surface area contributed by atoms with E-state index in [-0.39, 0.29) is 6.42 Å². The van der Waals surface area contributed by atoms with E-state index in [0.717, 1.165) is 10.0 Å². The molecule has 1 aromatic carbocycles. The summed E-state index contributed by atoms with van der Waals surface area (Å²) in [4.78, 5) is 35.1. The van der Waals surface area contributed by atoms with E-state index >= 15 is 0 Å². The number of nitrogens with one attached hydrogen (secondary N) is 1. The Labute approximate surface area is 129 Å². The Morgan fingerprint density at radius 3 is 2.62 bits per heavy atom. The van der Waals surface area contributed by atoms with Crippen LogP contribution < -0.4 is 5.32 Å². The first-order valence-corrected chi connectivity index (χ1v) is 7.31. The summed E-state index contributed by atoms with van der Waals surface area (Å²) in [6.07, 6.45) is 1.18. The van der Waals surface area contributed by atoms with Gasteiger partial charge in [-0.3, -0.25) is 14.9 Å². The second kappa shape index (κ2) is 5.44. The largest absolute Gasteiger partial charge is 0.457 e. The molecule has 2 heterocycles. The molecule has 1 N–H and O–H groups in total. The number of amides is 2. The number of halogens is 1. The number of carbonyl (C=O) groups is 3. The van der Waals surface area contributed by atoms with Gasteiger partial charge in [-0.2, -0.15) is 0 Å². The zero-order valence-corrected chi connectivity index (χ0v) is 12.6. The molecule has 3 rings (SSSR count). The fourth-order valence-corrected chi connectivity index (χ4v) is 2.94. The first-order chi connectivity index (χ1) is 10.0. The molecule has 0 saturated carbocycles. The number of hydrogen-bond donors (Lipinski definition) is 1. The molecule has 5 nitrogen and oxygen atoms in total. The highest BCUT2D eigenvalue weighted by molar-refractivity contribution is 9.10. The molecule has 2 atom stereocenters. The quantitative estimate of drug-likeness (QED) is 0.648. The number of benzene rings is 1. The lowest BCUT2D eigenvalue weighted by Crippen LogP contribution is -2.52. The van der Waals surface area contributed by atoms with Crippen molar-refractivity contribution in [2.45, 2.75) is 18.9 Å². The SMILES string of the molecule is O=C1CC2OC(=O)C=C(Cc3ccc(Br)cc3)C2C(=O)N1. The van der Waals surface area contributed by atoms with E-state index in [1.807, 2.05) is 24.3 Å². The van der Waals surface area contributed by atoms with Crippen LogP contribution in [0.1, 0.15) is 12.0 Å². The van der Waals surface area contributed by atoms with Gasteiger partial charge in [0.1, 0.15) is 6.10 Å². The summed E-state index contributed by atoms with van der Waals surface area (Å²) in [5.41, 5.74) is 1.67. The molecule has 108 valence electrons. The Morgan fingerprint density at radius 2 is 1.90 bits per heavy atom. The molecule has 1 saturated heterocycles. The normalized spacial score (nSPS) is 24.8. The number of hydrogen-bond acceptors (Lipinski definition) is 4. The highest BCUT2D eigenvalue weighted by Gasteiger charge is 2.43. The maximum absolute atomic E-state index is 12.0. The standard InChI is InChI=1S/C15H12BrNO4/c16-10-3-1-8(2-4-10)5-9-6-13(19)21-11-7-12(18)17-15(20)14(9)11/h1-4,6,11,14H,5,7H2,(H,17,18,20). The molecule has 2 aliphatic heterocycles. The van der Waals surface area contributed by atoms with Crippen LogP contribution in [0.3, 0.4) is 0 Å². The van der Waals surface area contributed by atoms with Gasteiger partial charge in [-0.05, 0) is 29.7 Å². The zero-order valence-electron chi connectivity index (χ0n) is 11.0. The lowest BCUT2D eigenvalue weighted by molar-refractivity contribution is -0.155. The van der Waals surface area contributed by atoms with E-state index in [0.29, 0.717) is 12.0 Å². The van der Waals surface area contributed by atoms with E-state index in [1.54, 1.807) is 0 Å². The molecule has 0 aliphatic carbocycles. The predicted molar refractivity (Wildman–Crippen MR) is 77.1 cm³/mol. The Hall–Kier alpha value is -1.95. The number of rotatable bonds is 2. The van der Waals surface area contributed by atoms with E-state index in [2.05, 4.69) is 21.2 Å². The summed E-state index contributed by atoms with van der Waals surface area (Å²) in [5.74, 6) is -1.87. The van der Waals surface area contributed by atoms with Crippen LogP contribution in [0.2, 0.25) is 0 Å². The van der Waals surface area contributed by atoms with Crippen molar-refractivity contribution in [3.8, 4) is 0 Å². The number of fused-ring (bicyclic) bond motifs is 1. The average Bonchev–Trinajstić information content (AvgIpc) is 2.40. The number of esters is 1. The van der Waals surface area contributed by atoms with Crippen molar-refractivity contribution in [1.29, 1.82) is 0 Å². The first kappa shape index (κ1) is 14.0. The molecule has 6 heteroatoms. The van der Waals surface area contributed by atoms with Crippen LogP contribution in [0.15, 0.2) is 40.4 Å². The minimum Gasteiger partial charge on any atom is -0.457 e. The van der Waals surface area contributed by atoms with Crippen molar-refractivity contribution in [3.05, 3.63) is 46.0 Å². The van der Waals surface area contributed by atoms with Gasteiger partial charge in [0.05, 0.1) is 12.3 Å². The van der Waals surface area contributed by atoms with Crippen molar-refractivity contribution < 1.29 is 19.1 Å². The summed E-state index contributed by atoms with van der Waals surface area (Å²) in [6, 6.07) is 7.65. The summed E-state index contributed by atoms with van der Waals surface area (Å²) >= 11 is 3.36. The van der Waals surface area contributed by atoms with Gasteiger partial charge in [0.25, 0.3) is 0 Å². The molecule has 21 heavy (non-hydrogen) atoms. The third kappa shape index (κ3) is 2.90. The van der Waals surface area contributed by atoms with Crippen LogP contribution in [0.25, 0.3) is 0 Å². The van der Waals surface area contributed by atoms with E-state index < -0.39 is 29.8 Å². The second-order valence-electron chi connectivity index (χ2n) is 5.09. The maximum Gasteiger partial charge on any atom is 0.331 e. The molecule has 2 aliphatic rings. The van der Waals surface area contributed by atoms with E-state index in [1.165, 1.54) is 6.08 Å². The second-order valence-corrected chi connectivity index (χ2v) is 6.01. The van der Waals surface area contributed by atoms with Crippen LogP contribution >= 0.6 is 15.9 Å². The molecule has 0 bridgehead atoms. The Bertz CT molecular complexity index is 650. The van der Waals surface area contributed by atoms with Crippen molar-refractivity contribution in [3.63, 3.8) is 0 Å². The van der Waals surface area contributed by atoms with Gasteiger partial charge in [-0.15, -0.1) is 0 Å². The van der Waals surface area contributed by atoms with Gasteiger partial charge in [-0.1, -0.05) is 28.1 Å². The zero-order chi connectivity index (χ0) is 15.0. The Balaban J connectivity index is 1.88. The van der Waals surface area contributed by atoms with Crippen LogP contribution in [-0.2, 0) is 25.5 Å². The van der Waals surface area contributed by atoms with Gasteiger partial charge in [0.2, 0.25) is 11.8 Å². The number of piperidine rings is 1. The van der Waals surface area contributed by atoms with E-state index in [9.17, 15) is 14.4 Å². The number of ether oxygens (including phenoxy) is 1. The number of carbonyl (C=O) groups excluding carboxylic acids is 3. The topological polar surface area (TPSA) is 72.5 Å². The van der Waals surface area contributed by atoms with Crippen LogP contribution in [-0.4, -0.2) is 23.9 Å². The van der Waals surface area contributed by atoms with Crippen molar-refractivity contribution in [1.82, 2.24) is 5.32 Å². The minimum absolute atomic E-state index is 0.0276. The summed E-state index contributed by atoms with van der Waals surface area (Å²) in [7, 11) is 0. The molecular weight excluding hydrogens is 338 g/mol. The highest BCUT2D eigenvalue weighted by Crippen LogP contribution is 2.31. The minimum atomic E-state index is -0.686. The smallest absolute Gasteiger partial charge is 0.331 e. The van der Waals surface area contributed by atoms with Crippen LogP contribution in [0, 0.1) is 5.92 Å². The van der Waals surface area contributed by atoms with Crippen LogP contribution in [0.5, 0.6) is 0 Å². The first-order valence-electron chi connectivity index (χ1n) is 6.52. The summed E-state index contributed by atoms with van der Waals surface area (Å²) in [5, 5.41) is 2.30. The average molecular weight is 350 g/mol. The fraction of sp³-hybridized carbons (Fsp3) is 0.267. The van der Waals surface area contributed by atoms with Gasteiger partial charge < -0.3 is 4.74 Å². The molecule has 1 fully saturated rings. The monoisotopic (exact) mass is 349 g/mol. The van der Waals surface area contributed by atoms with Gasteiger partial charge >= 0.3 is 5.97 Å². The predicted octanol–water partition coefficient (Wildman–Crippen LogP) is 1.51. The van der Waals surface area contributed by atoms with Gasteiger partial charge in [0, 0.05) is 10.5 Å². The van der Waals surface area contributed by atoms with Gasteiger partial charge in [0.15, 0.2) is 0 Å². The van der Waals surface area contributed by atoms with Crippen molar-refractivity contribution >= 4 is 33.7 Å². The molecule has 0 radical (unpaired) electrons. The molecule has 2 unspecified atom stereocenters. The molecule has 0 spiro atoms. The molecule has 0 aromatic heterocycles. The number of imide groups is 1. The maximum atomic E-state index is 12.0. The lowest BCUT2D eigenvalue weighted by atomic mass is 9.82. The third-order valence-corrected chi connectivity index (χ3v) is 4.12. The van der Waals surface area contributed by atoms with Gasteiger partial charge in [-0.25, -0.2) is 4.79 Å². The lowest BCUT2D eigenvalue weighted by Gasteiger charge is -2.34. The molecule has 1 aromatic rings. The summed E-state index contributed by atoms with van der Waals surface area (Å²) in [6.45, 7) is 0. The fourth-order valence-electron chi connectivity index (χ4n) is 2.68. The molecule has 2 amide bonds. The van der Waals surface area contributed by atoms with Crippen molar-refractivity contribution in [2.75, 3.05) is 0 Å². The highest BCUT2D eigenvalue weighted by atomic mass is 79.9. The van der Waals surface area contributed by atoms with Crippen molar-refractivity contribution in [2.24, 2.45) is 5.92 Å². The summed E-state index contributed by atoms with van der Waals surface area (Å²) < 4.78 is 6.07.